The van der Waals surface area contributed by atoms with Crippen molar-refractivity contribution in [2.45, 2.75) is 19.5 Å². The van der Waals surface area contributed by atoms with E-state index in [2.05, 4.69) is 17.1 Å². The first-order valence-electron chi connectivity index (χ1n) is 6.48. The molecule has 1 aromatic rings. The molecular formula is C13H21Cl2N3OS. The molecular weight excluding hydrogens is 317 g/mol. The summed E-state index contributed by atoms with van der Waals surface area (Å²) in [5.74, 6) is 0.165. The molecule has 2 heterocycles. The number of amides is 1. The van der Waals surface area contributed by atoms with Crippen molar-refractivity contribution in [1.29, 1.82) is 0 Å². The molecule has 0 bridgehead atoms. The molecule has 1 N–H and O–H groups in total. The van der Waals surface area contributed by atoms with Gasteiger partial charge in [-0.2, -0.15) is 0 Å². The molecule has 1 fully saturated rings. The molecule has 1 saturated heterocycles. The number of halogens is 2. The Morgan fingerprint density at radius 2 is 2.35 bits per heavy atom. The molecule has 20 heavy (non-hydrogen) atoms. The van der Waals surface area contributed by atoms with Crippen molar-refractivity contribution < 1.29 is 4.79 Å². The maximum absolute atomic E-state index is 12.2. The number of nitrogens with one attached hydrogen (secondary N) is 1. The lowest BCUT2D eigenvalue weighted by Crippen LogP contribution is -2.51. The molecule has 0 aromatic carbocycles. The zero-order chi connectivity index (χ0) is 13.8. The number of carbonyl (C=O) groups excluding carboxylic acids is 1. The lowest BCUT2D eigenvalue weighted by molar-refractivity contribution is -0.131. The van der Waals surface area contributed by atoms with E-state index in [9.17, 15) is 4.79 Å². The molecule has 0 spiro atoms. The van der Waals surface area contributed by atoms with Crippen LogP contribution in [0.1, 0.15) is 11.8 Å². The number of piperazine rings is 1. The van der Waals surface area contributed by atoms with E-state index in [-0.39, 0.29) is 18.3 Å². The number of nitrogens with zero attached hydrogens (tertiary/aromatic N) is 2. The van der Waals surface area contributed by atoms with Gasteiger partial charge in [-0.15, -0.1) is 23.7 Å². The zero-order valence-corrected chi connectivity index (χ0v) is 14.2. The Hall–Kier alpha value is -0.330. The normalized spacial score (nSPS) is 19.4. The largest absolute Gasteiger partial charge is 0.340 e. The molecule has 0 saturated carbocycles. The minimum absolute atomic E-state index is 0. The van der Waals surface area contributed by atoms with Crippen molar-refractivity contribution in [3.8, 4) is 0 Å². The number of thiophene rings is 1. The fraction of sp³-hybridized carbons (Fsp3) is 0.615. The standard InChI is InChI=1S/C13H20ClN3OS.ClH/c1-10-7-17(6-5-15-10)9-13(18)16(2)8-11-3-4-12(14)19-11;/h3-4,10,15H,5-9H2,1-2H3;1H. The highest BCUT2D eigenvalue weighted by Gasteiger charge is 2.20. The number of hydrogen-bond acceptors (Lipinski definition) is 4. The summed E-state index contributed by atoms with van der Waals surface area (Å²) in [6.07, 6.45) is 0. The fourth-order valence-electron chi connectivity index (χ4n) is 2.23. The summed E-state index contributed by atoms with van der Waals surface area (Å²) >= 11 is 7.42. The minimum Gasteiger partial charge on any atom is -0.340 e. The molecule has 1 aromatic heterocycles. The van der Waals surface area contributed by atoms with Crippen LogP contribution in [0.4, 0.5) is 0 Å². The van der Waals surface area contributed by atoms with Gasteiger partial charge < -0.3 is 10.2 Å². The van der Waals surface area contributed by atoms with Gasteiger partial charge in [-0.3, -0.25) is 9.69 Å². The predicted molar refractivity (Wildman–Crippen MR) is 87.0 cm³/mol. The van der Waals surface area contributed by atoms with Crippen molar-refractivity contribution in [3.63, 3.8) is 0 Å². The highest BCUT2D eigenvalue weighted by molar-refractivity contribution is 7.16. The SMILES string of the molecule is CC1CN(CC(=O)N(C)Cc2ccc(Cl)s2)CCN1.Cl. The van der Waals surface area contributed by atoms with Gasteiger partial charge in [-0.05, 0) is 19.1 Å². The second-order valence-electron chi connectivity index (χ2n) is 5.05. The fourth-order valence-corrected chi connectivity index (χ4v) is 3.37. The number of likely N-dealkylation sites (N-methyl/N-ethyl adjacent to an activating group) is 1. The Morgan fingerprint density at radius 3 is 2.95 bits per heavy atom. The van der Waals surface area contributed by atoms with Crippen LogP contribution >= 0.6 is 35.3 Å². The van der Waals surface area contributed by atoms with E-state index >= 15 is 0 Å². The highest BCUT2D eigenvalue weighted by atomic mass is 35.5. The quantitative estimate of drug-likeness (QED) is 0.913. The molecule has 7 heteroatoms. The average molecular weight is 338 g/mol. The molecule has 114 valence electrons. The Balaban J connectivity index is 0.00000200. The second-order valence-corrected chi connectivity index (χ2v) is 6.85. The van der Waals surface area contributed by atoms with Crippen molar-refractivity contribution in [2.24, 2.45) is 0 Å². The summed E-state index contributed by atoms with van der Waals surface area (Å²) in [6.45, 7) is 6.12. The van der Waals surface area contributed by atoms with Crippen LogP contribution in [-0.4, -0.2) is 55.0 Å². The molecule has 1 atom stereocenters. The van der Waals surface area contributed by atoms with Crippen LogP contribution in [0.2, 0.25) is 4.34 Å². The van der Waals surface area contributed by atoms with Gasteiger partial charge >= 0.3 is 0 Å². The Morgan fingerprint density at radius 1 is 1.60 bits per heavy atom. The number of hydrogen-bond donors (Lipinski definition) is 1. The van der Waals surface area contributed by atoms with E-state index in [0.717, 1.165) is 28.8 Å². The summed E-state index contributed by atoms with van der Waals surface area (Å²) in [7, 11) is 1.85. The molecule has 0 radical (unpaired) electrons. The van der Waals surface area contributed by atoms with Gasteiger partial charge in [-0.25, -0.2) is 0 Å². The van der Waals surface area contributed by atoms with Gasteiger partial charge in [0.25, 0.3) is 0 Å². The smallest absolute Gasteiger partial charge is 0.236 e. The predicted octanol–water partition coefficient (Wildman–Crippen LogP) is 2.08. The van der Waals surface area contributed by atoms with E-state index < -0.39 is 0 Å². The van der Waals surface area contributed by atoms with Gasteiger partial charge in [0.1, 0.15) is 0 Å². The summed E-state index contributed by atoms with van der Waals surface area (Å²) in [5, 5.41) is 3.38. The Kier molecular flexibility index (Phi) is 7.26. The van der Waals surface area contributed by atoms with Crippen molar-refractivity contribution >= 4 is 41.3 Å². The van der Waals surface area contributed by atoms with E-state index in [0.29, 0.717) is 19.1 Å². The molecule has 4 nitrogen and oxygen atoms in total. The van der Waals surface area contributed by atoms with Crippen LogP contribution in [-0.2, 0) is 11.3 Å². The Bertz CT molecular complexity index is 441. The van der Waals surface area contributed by atoms with Crippen LogP contribution in [0, 0.1) is 0 Å². The summed E-state index contributed by atoms with van der Waals surface area (Å²) in [6, 6.07) is 4.31. The van der Waals surface area contributed by atoms with Crippen molar-refractivity contribution in [2.75, 3.05) is 33.2 Å². The van der Waals surface area contributed by atoms with Gasteiger partial charge in [0, 0.05) is 37.6 Å². The third kappa shape index (κ3) is 5.22. The van der Waals surface area contributed by atoms with E-state index in [1.54, 1.807) is 4.90 Å². The average Bonchev–Trinajstić information content (AvgIpc) is 2.74. The molecule has 1 aliphatic heterocycles. The maximum Gasteiger partial charge on any atom is 0.236 e. The van der Waals surface area contributed by atoms with Crippen molar-refractivity contribution in [3.05, 3.63) is 21.3 Å². The lowest BCUT2D eigenvalue weighted by atomic mass is 10.2. The lowest BCUT2D eigenvalue weighted by Gasteiger charge is -2.32. The first-order chi connectivity index (χ1) is 9.04. The van der Waals surface area contributed by atoms with Gasteiger partial charge in [0.2, 0.25) is 5.91 Å². The monoisotopic (exact) mass is 337 g/mol. The zero-order valence-electron chi connectivity index (χ0n) is 11.8. The number of rotatable bonds is 4. The van der Waals surface area contributed by atoms with Gasteiger partial charge in [0.15, 0.2) is 0 Å². The van der Waals surface area contributed by atoms with Crippen LogP contribution in [0.25, 0.3) is 0 Å². The number of carbonyl (C=O) groups is 1. The Labute approximate surface area is 135 Å². The van der Waals surface area contributed by atoms with E-state index in [1.807, 2.05) is 19.2 Å². The first kappa shape index (κ1) is 17.7. The molecule has 0 aliphatic carbocycles. The molecule has 1 amide bonds. The van der Waals surface area contributed by atoms with Crippen molar-refractivity contribution in [1.82, 2.24) is 15.1 Å². The van der Waals surface area contributed by atoms with E-state index in [4.69, 9.17) is 11.6 Å². The van der Waals surface area contributed by atoms with Crippen LogP contribution in [0.3, 0.4) is 0 Å². The third-order valence-corrected chi connectivity index (χ3v) is 4.48. The third-order valence-electron chi connectivity index (χ3n) is 3.26. The maximum atomic E-state index is 12.2. The van der Waals surface area contributed by atoms with Crippen LogP contribution in [0.5, 0.6) is 0 Å². The summed E-state index contributed by atoms with van der Waals surface area (Å²) in [4.78, 5) is 17.3. The molecule has 1 unspecified atom stereocenters. The first-order valence-corrected chi connectivity index (χ1v) is 7.68. The minimum atomic E-state index is 0. The second kappa shape index (κ2) is 8.20. The van der Waals surface area contributed by atoms with E-state index in [1.165, 1.54) is 11.3 Å². The topological polar surface area (TPSA) is 35.6 Å². The highest BCUT2D eigenvalue weighted by Crippen LogP contribution is 2.22. The van der Waals surface area contributed by atoms with Gasteiger partial charge in [-0.1, -0.05) is 11.6 Å². The molecule has 1 aliphatic rings. The van der Waals surface area contributed by atoms with Crippen LogP contribution in [0.15, 0.2) is 12.1 Å². The van der Waals surface area contributed by atoms with Gasteiger partial charge in [0.05, 0.1) is 17.4 Å². The molecule has 2 rings (SSSR count). The summed E-state index contributed by atoms with van der Waals surface area (Å²) < 4.78 is 0.770. The van der Waals surface area contributed by atoms with Crippen LogP contribution < -0.4 is 5.32 Å². The summed E-state index contributed by atoms with van der Waals surface area (Å²) in [5.41, 5.74) is 0.